The molecular weight excluding hydrogens is 155 g/mol. The van der Waals surface area contributed by atoms with Gasteiger partial charge in [0.25, 0.3) is 0 Å². The van der Waals surface area contributed by atoms with Crippen molar-refractivity contribution < 1.29 is 24.4 Å². The second-order valence-electron chi connectivity index (χ2n) is 2.56. The number of hydrogen-bond acceptors (Lipinski definition) is 4. The molecule has 1 saturated heterocycles. The highest BCUT2D eigenvalue weighted by Crippen LogP contribution is 2.20. The summed E-state index contributed by atoms with van der Waals surface area (Å²) in [4.78, 5) is 0. The van der Waals surface area contributed by atoms with Crippen LogP contribution < -0.4 is 0 Å². The molecule has 0 saturated carbocycles. The summed E-state index contributed by atoms with van der Waals surface area (Å²) < 4.78 is 16.9. The second kappa shape index (κ2) is 3.44. The lowest BCUT2D eigenvalue weighted by molar-refractivity contribution is -0.213. The molecule has 0 bridgehead atoms. The molecule has 5 heteroatoms. The zero-order valence-electron chi connectivity index (χ0n) is 5.85. The zero-order valence-corrected chi connectivity index (χ0v) is 5.85. The van der Waals surface area contributed by atoms with E-state index in [0.29, 0.717) is 0 Å². The van der Waals surface area contributed by atoms with Gasteiger partial charge >= 0.3 is 0 Å². The van der Waals surface area contributed by atoms with E-state index in [-0.39, 0.29) is 6.42 Å². The average molecular weight is 166 g/mol. The van der Waals surface area contributed by atoms with Crippen LogP contribution in [0.4, 0.5) is 4.39 Å². The highest BCUT2D eigenvalue weighted by Gasteiger charge is 2.36. The number of aliphatic hydroxyl groups excluding tert-OH is 3. The average Bonchev–Trinajstić information content (AvgIpc) is 1.96. The Morgan fingerprint density at radius 2 is 2.09 bits per heavy atom. The van der Waals surface area contributed by atoms with Crippen LogP contribution in [0.25, 0.3) is 0 Å². The minimum Gasteiger partial charge on any atom is -0.394 e. The molecule has 1 aliphatic rings. The summed E-state index contributed by atoms with van der Waals surface area (Å²) in [6.07, 6.45) is -5.17. The normalized spacial score (nSPS) is 45.8. The van der Waals surface area contributed by atoms with Gasteiger partial charge in [0.05, 0.1) is 12.7 Å². The Balaban J connectivity index is 2.51. The molecule has 0 aromatic carbocycles. The third-order valence-electron chi connectivity index (χ3n) is 1.70. The van der Waals surface area contributed by atoms with Gasteiger partial charge in [0, 0.05) is 6.42 Å². The van der Waals surface area contributed by atoms with Gasteiger partial charge < -0.3 is 20.1 Å². The quantitative estimate of drug-likeness (QED) is 0.457. The first-order valence-corrected chi connectivity index (χ1v) is 3.41. The monoisotopic (exact) mass is 166 g/mol. The number of alkyl halides is 1. The minimum absolute atomic E-state index is 0.238. The fourth-order valence-electron chi connectivity index (χ4n) is 1.05. The van der Waals surface area contributed by atoms with E-state index < -0.39 is 31.3 Å². The van der Waals surface area contributed by atoms with Gasteiger partial charge in [-0.25, -0.2) is 4.39 Å². The van der Waals surface area contributed by atoms with Crippen molar-refractivity contribution >= 4 is 0 Å². The van der Waals surface area contributed by atoms with Crippen LogP contribution in [-0.2, 0) is 4.74 Å². The molecule has 1 aliphatic heterocycles. The van der Waals surface area contributed by atoms with Crippen molar-refractivity contribution in [3.05, 3.63) is 0 Å². The standard InChI is InChI=1S/C6H11FO4/c7-5-1-3(9)6(10)4(2-8)11-5/h3-6,8-10H,1-2H2/t3?,4?,5-,6-/m0/s1. The molecule has 1 heterocycles. The predicted molar refractivity (Wildman–Crippen MR) is 33.5 cm³/mol. The molecular formula is C6H11FO4. The highest BCUT2D eigenvalue weighted by atomic mass is 19.1. The van der Waals surface area contributed by atoms with E-state index in [1.807, 2.05) is 0 Å². The minimum atomic E-state index is -1.59. The maximum atomic E-state index is 12.4. The summed E-state index contributed by atoms with van der Waals surface area (Å²) >= 11 is 0. The van der Waals surface area contributed by atoms with E-state index in [1.165, 1.54) is 0 Å². The Hall–Kier alpha value is -0.230. The molecule has 4 nitrogen and oxygen atoms in total. The number of aliphatic hydroxyl groups is 3. The third-order valence-corrected chi connectivity index (χ3v) is 1.70. The highest BCUT2D eigenvalue weighted by molar-refractivity contribution is 4.81. The summed E-state index contributed by atoms with van der Waals surface area (Å²) in [5, 5.41) is 26.6. The van der Waals surface area contributed by atoms with Crippen molar-refractivity contribution in [3.63, 3.8) is 0 Å². The summed E-state index contributed by atoms with van der Waals surface area (Å²) in [5.41, 5.74) is 0. The Bertz CT molecular complexity index is 132. The van der Waals surface area contributed by atoms with Crippen LogP contribution in [-0.4, -0.2) is 46.6 Å². The van der Waals surface area contributed by atoms with E-state index in [2.05, 4.69) is 4.74 Å². The second-order valence-corrected chi connectivity index (χ2v) is 2.56. The van der Waals surface area contributed by atoms with Crippen LogP contribution in [0.5, 0.6) is 0 Å². The molecule has 0 amide bonds. The number of ether oxygens (including phenoxy) is 1. The third kappa shape index (κ3) is 1.87. The van der Waals surface area contributed by atoms with Crippen LogP contribution in [0, 0.1) is 0 Å². The Morgan fingerprint density at radius 3 is 2.64 bits per heavy atom. The van der Waals surface area contributed by atoms with Crippen LogP contribution in [0.3, 0.4) is 0 Å². The molecule has 1 fully saturated rings. The van der Waals surface area contributed by atoms with Gasteiger partial charge in [-0.1, -0.05) is 0 Å². The summed E-state index contributed by atoms with van der Waals surface area (Å²) in [5.74, 6) is 0. The Kier molecular flexibility index (Phi) is 2.78. The van der Waals surface area contributed by atoms with Crippen molar-refractivity contribution in [2.45, 2.75) is 31.1 Å². The number of hydrogen-bond donors (Lipinski definition) is 3. The van der Waals surface area contributed by atoms with Crippen molar-refractivity contribution in [2.75, 3.05) is 6.61 Å². The van der Waals surface area contributed by atoms with Crippen LogP contribution in [0.1, 0.15) is 6.42 Å². The molecule has 1 rings (SSSR count). The van der Waals surface area contributed by atoms with Gasteiger partial charge in [-0.05, 0) is 0 Å². The molecule has 0 radical (unpaired) electrons. The fraction of sp³-hybridized carbons (Fsp3) is 1.00. The number of halogens is 1. The molecule has 0 spiro atoms. The maximum Gasteiger partial charge on any atom is 0.201 e. The van der Waals surface area contributed by atoms with Crippen molar-refractivity contribution in [1.29, 1.82) is 0 Å². The smallest absolute Gasteiger partial charge is 0.201 e. The fourth-order valence-corrected chi connectivity index (χ4v) is 1.05. The Labute approximate surface area is 63.2 Å². The van der Waals surface area contributed by atoms with E-state index >= 15 is 0 Å². The van der Waals surface area contributed by atoms with Crippen LogP contribution in [0.2, 0.25) is 0 Å². The molecule has 3 N–H and O–H groups in total. The first kappa shape index (κ1) is 8.86. The van der Waals surface area contributed by atoms with E-state index in [4.69, 9.17) is 15.3 Å². The first-order valence-electron chi connectivity index (χ1n) is 3.41. The van der Waals surface area contributed by atoms with Crippen LogP contribution >= 0.6 is 0 Å². The maximum absolute atomic E-state index is 12.4. The molecule has 66 valence electrons. The lowest BCUT2D eigenvalue weighted by Gasteiger charge is -2.32. The zero-order chi connectivity index (χ0) is 8.43. The van der Waals surface area contributed by atoms with Gasteiger partial charge in [0.2, 0.25) is 6.36 Å². The van der Waals surface area contributed by atoms with Crippen molar-refractivity contribution in [3.8, 4) is 0 Å². The molecule has 11 heavy (non-hydrogen) atoms. The summed E-state index contributed by atoms with van der Waals surface area (Å²) in [7, 11) is 0. The topological polar surface area (TPSA) is 69.9 Å². The predicted octanol–water partition coefficient (Wildman–Crippen LogP) is -1.22. The van der Waals surface area contributed by atoms with Crippen molar-refractivity contribution in [2.24, 2.45) is 0 Å². The molecule has 0 aromatic heterocycles. The van der Waals surface area contributed by atoms with E-state index in [9.17, 15) is 4.39 Å². The first-order chi connectivity index (χ1) is 5.15. The van der Waals surface area contributed by atoms with Gasteiger partial charge in [-0.3, -0.25) is 0 Å². The van der Waals surface area contributed by atoms with Gasteiger partial charge in [0.1, 0.15) is 12.2 Å². The Morgan fingerprint density at radius 1 is 1.45 bits per heavy atom. The van der Waals surface area contributed by atoms with E-state index in [0.717, 1.165) is 0 Å². The van der Waals surface area contributed by atoms with Crippen LogP contribution in [0.15, 0.2) is 0 Å². The molecule has 4 atom stereocenters. The largest absolute Gasteiger partial charge is 0.394 e. The SMILES string of the molecule is OCC1O[C@H](F)CC(O)[C@@H]1O. The molecule has 0 aromatic rings. The lowest BCUT2D eigenvalue weighted by Crippen LogP contribution is -2.48. The summed E-state index contributed by atoms with van der Waals surface area (Å²) in [6, 6.07) is 0. The van der Waals surface area contributed by atoms with Gasteiger partial charge in [0.15, 0.2) is 0 Å². The number of rotatable bonds is 1. The molecule has 2 unspecified atom stereocenters. The van der Waals surface area contributed by atoms with Gasteiger partial charge in [-0.15, -0.1) is 0 Å². The summed E-state index contributed by atoms with van der Waals surface area (Å²) in [6.45, 7) is -0.487. The van der Waals surface area contributed by atoms with E-state index in [1.54, 1.807) is 0 Å². The van der Waals surface area contributed by atoms with Gasteiger partial charge in [-0.2, -0.15) is 0 Å². The van der Waals surface area contributed by atoms with Crippen molar-refractivity contribution in [1.82, 2.24) is 0 Å². The lowest BCUT2D eigenvalue weighted by atomic mass is 10.0. The molecule has 0 aliphatic carbocycles.